The highest BCUT2D eigenvalue weighted by Gasteiger charge is 2.27. The van der Waals surface area contributed by atoms with Crippen LogP contribution in [0.25, 0.3) is 0 Å². The third kappa shape index (κ3) is 6.79. The van der Waals surface area contributed by atoms with Crippen LogP contribution in [-0.4, -0.2) is 24.8 Å². The number of nitrogens with one attached hydrogen (secondary N) is 1. The van der Waals surface area contributed by atoms with Crippen LogP contribution >= 0.6 is 0 Å². The van der Waals surface area contributed by atoms with E-state index in [0.717, 1.165) is 5.56 Å². The van der Waals surface area contributed by atoms with E-state index in [1.807, 2.05) is 18.2 Å². The second kappa shape index (κ2) is 11.8. The number of rotatable bonds is 8. The molecule has 4 aromatic rings. The van der Waals surface area contributed by atoms with Gasteiger partial charge in [0.05, 0.1) is 12.7 Å². The molecule has 0 aromatic heterocycles. The lowest BCUT2D eigenvalue weighted by atomic mass is 9.87. The Bertz CT molecular complexity index is 1440. The smallest absolute Gasteiger partial charge is 0.339 e. The maximum atomic E-state index is 13.3. The van der Waals surface area contributed by atoms with E-state index >= 15 is 0 Å². The van der Waals surface area contributed by atoms with E-state index in [2.05, 4.69) is 26.1 Å². The fourth-order valence-electron chi connectivity index (χ4n) is 4.00. The van der Waals surface area contributed by atoms with Crippen LogP contribution in [0.2, 0.25) is 0 Å². The Morgan fingerprint density at radius 2 is 1.26 bits per heavy atom. The van der Waals surface area contributed by atoms with Gasteiger partial charge in [-0.2, -0.15) is 0 Å². The van der Waals surface area contributed by atoms with Crippen molar-refractivity contribution >= 4 is 23.3 Å². The first-order chi connectivity index (χ1) is 18.7. The summed E-state index contributed by atoms with van der Waals surface area (Å²) >= 11 is 0. The normalized spacial score (nSPS) is 11.8. The number of methoxy groups -OCH3 is 1. The number of ketones is 1. The molecule has 39 heavy (non-hydrogen) atoms. The fraction of sp³-hybridized carbons (Fsp3) is 0.182. The summed E-state index contributed by atoms with van der Waals surface area (Å²) in [6, 6.07) is 29.4. The molecule has 1 amide bonds. The molecule has 6 nitrogen and oxygen atoms in total. The van der Waals surface area contributed by atoms with Crippen molar-refractivity contribution in [2.75, 3.05) is 12.4 Å². The van der Waals surface area contributed by atoms with Crippen molar-refractivity contribution in [3.63, 3.8) is 0 Å². The number of carbonyl (C=O) groups is 3. The summed E-state index contributed by atoms with van der Waals surface area (Å²) < 4.78 is 10.9. The quantitative estimate of drug-likeness (QED) is 0.199. The van der Waals surface area contributed by atoms with Gasteiger partial charge < -0.3 is 14.8 Å². The van der Waals surface area contributed by atoms with Crippen molar-refractivity contribution in [1.82, 2.24) is 0 Å². The second-order valence-electron chi connectivity index (χ2n) is 10.1. The summed E-state index contributed by atoms with van der Waals surface area (Å²) in [6.07, 6.45) is -1.12. The number of esters is 1. The summed E-state index contributed by atoms with van der Waals surface area (Å²) in [4.78, 5) is 39.1. The molecule has 0 unspecified atom stereocenters. The monoisotopic (exact) mass is 521 g/mol. The van der Waals surface area contributed by atoms with E-state index in [1.165, 1.54) is 0 Å². The van der Waals surface area contributed by atoms with Crippen LogP contribution in [0.1, 0.15) is 69.1 Å². The molecule has 0 bridgehead atoms. The van der Waals surface area contributed by atoms with Crippen molar-refractivity contribution in [2.24, 2.45) is 0 Å². The highest BCUT2D eigenvalue weighted by molar-refractivity contribution is 6.05. The highest BCUT2D eigenvalue weighted by atomic mass is 16.5. The molecule has 0 aliphatic rings. The molecule has 198 valence electrons. The van der Waals surface area contributed by atoms with Gasteiger partial charge in [0.15, 0.2) is 6.10 Å². The zero-order valence-electron chi connectivity index (χ0n) is 22.4. The predicted molar refractivity (Wildman–Crippen MR) is 151 cm³/mol. The molecule has 4 aromatic carbocycles. The minimum atomic E-state index is -1.12. The zero-order chi connectivity index (χ0) is 28.0. The molecule has 6 heteroatoms. The molecule has 1 atom stereocenters. The van der Waals surface area contributed by atoms with Crippen molar-refractivity contribution in [1.29, 1.82) is 0 Å². The van der Waals surface area contributed by atoms with Gasteiger partial charge >= 0.3 is 5.97 Å². The SMILES string of the molecule is COc1ccc(C(=O)[C@@H](OC(=O)c2ccc(NC(=O)c3ccc(C(C)(C)C)cc3)cc2)c2ccccc2)cc1. The van der Waals surface area contributed by atoms with E-state index in [9.17, 15) is 14.4 Å². The van der Waals surface area contributed by atoms with Gasteiger partial charge in [-0.15, -0.1) is 0 Å². The van der Waals surface area contributed by atoms with Crippen LogP contribution in [0.15, 0.2) is 103 Å². The Labute approximate surface area is 228 Å². The first kappa shape index (κ1) is 27.3. The Hall–Kier alpha value is -4.71. The number of anilines is 1. The first-order valence-corrected chi connectivity index (χ1v) is 12.6. The van der Waals surface area contributed by atoms with Gasteiger partial charge in [-0.1, -0.05) is 63.2 Å². The van der Waals surface area contributed by atoms with Gasteiger partial charge in [-0.25, -0.2) is 4.79 Å². The number of ether oxygens (including phenoxy) is 2. The van der Waals surface area contributed by atoms with Crippen molar-refractivity contribution in [3.8, 4) is 5.75 Å². The predicted octanol–water partition coefficient (Wildman–Crippen LogP) is 7.03. The standard InChI is InChI=1S/C33H31NO5/c1-33(2,3)26-16-10-24(11-17-26)31(36)34-27-18-12-25(13-19-27)32(37)39-30(23-8-6-5-7-9-23)29(35)22-14-20-28(38-4)21-15-22/h5-21,30H,1-4H3,(H,34,36)/t30-/m0/s1. The van der Waals surface area contributed by atoms with Gasteiger partial charge in [0.2, 0.25) is 5.78 Å². The zero-order valence-corrected chi connectivity index (χ0v) is 22.4. The highest BCUT2D eigenvalue weighted by Crippen LogP contribution is 2.26. The molecular weight excluding hydrogens is 490 g/mol. The number of hydrogen-bond donors (Lipinski definition) is 1. The van der Waals surface area contributed by atoms with Crippen LogP contribution in [-0.2, 0) is 10.2 Å². The summed E-state index contributed by atoms with van der Waals surface area (Å²) in [7, 11) is 1.55. The van der Waals surface area contributed by atoms with Crippen molar-refractivity contribution in [3.05, 3.63) is 131 Å². The van der Waals surface area contributed by atoms with E-state index in [-0.39, 0.29) is 22.7 Å². The molecule has 0 aliphatic heterocycles. The fourth-order valence-corrected chi connectivity index (χ4v) is 4.00. The Balaban J connectivity index is 1.47. The lowest BCUT2D eigenvalue weighted by Gasteiger charge is -2.19. The van der Waals surface area contributed by atoms with Crippen LogP contribution < -0.4 is 10.1 Å². The first-order valence-electron chi connectivity index (χ1n) is 12.6. The maximum absolute atomic E-state index is 13.3. The largest absolute Gasteiger partial charge is 0.497 e. The maximum Gasteiger partial charge on any atom is 0.339 e. The number of hydrogen-bond acceptors (Lipinski definition) is 5. The Kier molecular flexibility index (Phi) is 8.25. The number of carbonyl (C=O) groups excluding carboxylic acids is 3. The van der Waals surface area contributed by atoms with Gasteiger partial charge in [0.1, 0.15) is 5.75 Å². The van der Waals surface area contributed by atoms with Crippen molar-refractivity contribution in [2.45, 2.75) is 32.3 Å². The van der Waals surface area contributed by atoms with E-state index in [1.54, 1.807) is 92.0 Å². The topological polar surface area (TPSA) is 81.7 Å². The molecule has 0 saturated carbocycles. The Morgan fingerprint density at radius 3 is 1.82 bits per heavy atom. The van der Waals surface area contributed by atoms with Gasteiger partial charge in [0, 0.05) is 22.4 Å². The third-order valence-electron chi connectivity index (χ3n) is 6.33. The molecular formula is C33H31NO5. The summed E-state index contributed by atoms with van der Waals surface area (Å²) in [6.45, 7) is 6.35. The van der Waals surface area contributed by atoms with Crippen molar-refractivity contribution < 1.29 is 23.9 Å². The molecule has 0 spiro atoms. The number of amides is 1. The number of benzene rings is 4. The minimum Gasteiger partial charge on any atom is -0.497 e. The third-order valence-corrected chi connectivity index (χ3v) is 6.33. The average molecular weight is 522 g/mol. The molecule has 0 radical (unpaired) electrons. The van der Waals surface area contributed by atoms with E-state index in [4.69, 9.17) is 9.47 Å². The Morgan fingerprint density at radius 1 is 0.692 bits per heavy atom. The molecule has 4 rings (SSSR count). The van der Waals surface area contributed by atoms with E-state index in [0.29, 0.717) is 28.1 Å². The summed E-state index contributed by atoms with van der Waals surface area (Å²) in [5.74, 6) is -0.631. The van der Waals surface area contributed by atoms with E-state index < -0.39 is 12.1 Å². The molecule has 0 aliphatic carbocycles. The number of Topliss-reactive ketones (excluding diaryl/α,β-unsaturated/α-hetero) is 1. The lowest BCUT2D eigenvalue weighted by molar-refractivity contribution is 0.0280. The lowest BCUT2D eigenvalue weighted by Crippen LogP contribution is -2.20. The van der Waals surface area contributed by atoms with Crippen LogP contribution in [0, 0.1) is 0 Å². The summed E-state index contributed by atoms with van der Waals surface area (Å²) in [5.41, 5.74) is 3.42. The van der Waals surface area contributed by atoms with Crippen LogP contribution in [0.5, 0.6) is 5.75 Å². The molecule has 1 N–H and O–H groups in total. The second-order valence-corrected chi connectivity index (χ2v) is 10.1. The van der Waals surface area contributed by atoms with Gasteiger partial charge in [-0.3, -0.25) is 9.59 Å². The molecule has 0 fully saturated rings. The average Bonchev–Trinajstić information content (AvgIpc) is 2.96. The van der Waals surface area contributed by atoms with Crippen LogP contribution in [0.3, 0.4) is 0 Å². The van der Waals surface area contributed by atoms with Gasteiger partial charge in [0.25, 0.3) is 5.91 Å². The van der Waals surface area contributed by atoms with Crippen LogP contribution in [0.4, 0.5) is 5.69 Å². The van der Waals surface area contributed by atoms with Gasteiger partial charge in [-0.05, 0) is 71.6 Å². The minimum absolute atomic E-state index is 0.00177. The summed E-state index contributed by atoms with van der Waals surface area (Å²) in [5, 5.41) is 2.84. The molecule has 0 heterocycles. The molecule has 0 saturated heterocycles.